The molecule has 108 valence electrons. The van der Waals surface area contributed by atoms with E-state index in [1.165, 1.54) is 0 Å². The molecule has 2 rings (SSSR count). The smallest absolute Gasteiger partial charge is 0.307 e. The first-order valence-corrected chi connectivity index (χ1v) is 7.20. The number of hydrogen-bond acceptors (Lipinski definition) is 3. The van der Waals surface area contributed by atoms with Crippen molar-refractivity contribution < 1.29 is 19.4 Å². The minimum atomic E-state index is -0.836. The van der Waals surface area contributed by atoms with E-state index < -0.39 is 11.9 Å². The number of rotatable bonds is 4. The van der Waals surface area contributed by atoms with Gasteiger partial charge >= 0.3 is 5.97 Å². The molecule has 1 aliphatic heterocycles. The zero-order chi connectivity index (χ0) is 13.8. The highest BCUT2D eigenvalue weighted by Crippen LogP contribution is 2.30. The zero-order valence-corrected chi connectivity index (χ0v) is 11.4. The second kappa shape index (κ2) is 6.37. The largest absolute Gasteiger partial charge is 0.481 e. The average molecular weight is 269 g/mol. The average Bonchev–Trinajstić information content (AvgIpc) is 2.92. The monoisotopic (exact) mass is 269 g/mol. The van der Waals surface area contributed by atoms with E-state index in [0.29, 0.717) is 25.4 Å². The standard InChI is InChI=1S/C14H23NO4/c1-9(10-6-7-19-8-10)15-13(16)11-4-2-3-5-12(11)14(17)18/h9-12H,2-8H2,1H3,(H,15,16)(H,17,18). The van der Waals surface area contributed by atoms with Crippen molar-refractivity contribution >= 4 is 11.9 Å². The lowest BCUT2D eigenvalue weighted by Crippen LogP contribution is -2.45. The summed E-state index contributed by atoms with van der Waals surface area (Å²) in [4.78, 5) is 23.5. The quantitative estimate of drug-likeness (QED) is 0.809. The molecule has 2 aliphatic rings. The summed E-state index contributed by atoms with van der Waals surface area (Å²) in [6.07, 6.45) is 4.13. The third-order valence-electron chi connectivity index (χ3n) is 4.46. The second-order valence-electron chi connectivity index (χ2n) is 5.76. The molecule has 2 fully saturated rings. The van der Waals surface area contributed by atoms with Crippen molar-refractivity contribution in [3.63, 3.8) is 0 Å². The van der Waals surface area contributed by atoms with Gasteiger partial charge in [-0.1, -0.05) is 12.8 Å². The molecule has 5 heteroatoms. The SMILES string of the molecule is CC(NC(=O)C1CCCCC1C(=O)O)C1CCOC1. The van der Waals surface area contributed by atoms with Crippen molar-refractivity contribution in [2.75, 3.05) is 13.2 Å². The van der Waals surface area contributed by atoms with Gasteiger partial charge in [0.25, 0.3) is 0 Å². The van der Waals surface area contributed by atoms with E-state index in [2.05, 4.69) is 5.32 Å². The third-order valence-corrected chi connectivity index (χ3v) is 4.46. The predicted octanol–water partition coefficient (Wildman–Crippen LogP) is 1.42. The minimum absolute atomic E-state index is 0.0615. The van der Waals surface area contributed by atoms with Crippen LogP contribution in [0.3, 0.4) is 0 Å². The Morgan fingerprint density at radius 3 is 2.47 bits per heavy atom. The maximum Gasteiger partial charge on any atom is 0.307 e. The number of carboxylic acid groups (broad SMARTS) is 1. The molecule has 0 radical (unpaired) electrons. The number of carboxylic acids is 1. The Morgan fingerprint density at radius 2 is 1.89 bits per heavy atom. The molecule has 0 spiro atoms. The molecular formula is C14H23NO4. The highest BCUT2D eigenvalue weighted by molar-refractivity contribution is 5.85. The van der Waals surface area contributed by atoms with Crippen molar-refractivity contribution in [3.8, 4) is 0 Å². The summed E-state index contributed by atoms with van der Waals surface area (Å²) < 4.78 is 5.32. The fourth-order valence-electron chi connectivity index (χ4n) is 3.14. The van der Waals surface area contributed by atoms with Crippen molar-refractivity contribution in [2.45, 2.75) is 45.1 Å². The summed E-state index contributed by atoms with van der Waals surface area (Å²) in [6.45, 7) is 3.43. The predicted molar refractivity (Wildman–Crippen MR) is 69.6 cm³/mol. The van der Waals surface area contributed by atoms with Crippen LogP contribution >= 0.6 is 0 Å². The first-order valence-electron chi connectivity index (χ1n) is 7.20. The van der Waals surface area contributed by atoms with Crippen LogP contribution in [0.4, 0.5) is 0 Å². The molecule has 2 N–H and O–H groups in total. The van der Waals surface area contributed by atoms with Gasteiger partial charge in [0, 0.05) is 18.6 Å². The van der Waals surface area contributed by atoms with E-state index in [1.807, 2.05) is 6.92 Å². The molecule has 5 nitrogen and oxygen atoms in total. The van der Waals surface area contributed by atoms with Crippen LogP contribution in [0.1, 0.15) is 39.0 Å². The number of nitrogens with one attached hydrogen (secondary N) is 1. The highest BCUT2D eigenvalue weighted by atomic mass is 16.5. The van der Waals surface area contributed by atoms with Crippen LogP contribution in [0.2, 0.25) is 0 Å². The van der Waals surface area contributed by atoms with Crippen LogP contribution in [-0.4, -0.2) is 36.2 Å². The molecule has 1 aliphatic carbocycles. The summed E-state index contributed by atoms with van der Waals surface area (Å²) in [7, 11) is 0. The fourth-order valence-corrected chi connectivity index (χ4v) is 3.14. The topological polar surface area (TPSA) is 75.6 Å². The number of carbonyl (C=O) groups is 2. The minimum Gasteiger partial charge on any atom is -0.481 e. The second-order valence-corrected chi connectivity index (χ2v) is 5.76. The van der Waals surface area contributed by atoms with Gasteiger partial charge in [0.1, 0.15) is 0 Å². The molecule has 0 aromatic rings. The van der Waals surface area contributed by atoms with Crippen LogP contribution in [0.15, 0.2) is 0 Å². The summed E-state index contributed by atoms with van der Waals surface area (Å²) in [5, 5.41) is 12.2. The van der Waals surface area contributed by atoms with E-state index in [9.17, 15) is 14.7 Å². The number of hydrogen-bond donors (Lipinski definition) is 2. The highest BCUT2D eigenvalue weighted by Gasteiger charge is 2.36. The molecule has 1 saturated heterocycles. The summed E-state index contributed by atoms with van der Waals surface area (Å²) >= 11 is 0. The van der Waals surface area contributed by atoms with Crippen LogP contribution in [-0.2, 0) is 14.3 Å². The molecule has 1 heterocycles. The van der Waals surface area contributed by atoms with Gasteiger partial charge in [-0.05, 0) is 26.2 Å². The fraction of sp³-hybridized carbons (Fsp3) is 0.857. The van der Waals surface area contributed by atoms with Gasteiger partial charge in [-0.3, -0.25) is 9.59 Å². The molecule has 1 amide bonds. The van der Waals surface area contributed by atoms with Crippen molar-refractivity contribution in [1.29, 1.82) is 0 Å². The molecule has 0 bridgehead atoms. The molecule has 4 atom stereocenters. The summed E-state index contributed by atoms with van der Waals surface area (Å²) in [5.74, 6) is -1.45. The Labute approximate surface area is 113 Å². The molecule has 0 aromatic carbocycles. The van der Waals surface area contributed by atoms with Gasteiger partial charge < -0.3 is 15.2 Å². The first kappa shape index (κ1) is 14.3. The van der Waals surface area contributed by atoms with E-state index in [-0.39, 0.29) is 17.9 Å². The van der Waals surface area contributed by atoms with Crippen molar-refractivity contribution in [2.24, 2.45) is 17.8 Å². The Kier molecular flexibility index (Phi) is 4.80. The molecule has 0 aromatic heterocycles. The Hall–Kier alpha value is -1.10. The Balaban J connectivity index is 1.91. The van der Waals surface area contributed by atoms with E-state index in [1.54, 1.807) is 0 Å². The van der Waals surface area contributed by atoms with Crippen LogP contribution in [0.25, 0.3) is 0 Å². The normalized spacial score (nSPS) is 32.8. The molecule has 19 heavy (non-hydrogen) atoms. The van der Waals surface area contributed by atoms with E-state index in [0.717, 1.165) is 25.9 Å². The van der Waals surface area contributed by atoms with Crippen LogP contribution < -0.4 is 5.32 Å². The number of carbonyl (C=O) groups excluding carboxylic acids is 1. The van der Waals surface area contributed by atoms with Gasteiger partial charge in [0.05, 0.1) is 18.4 Å². The lowest BCUT2D eigenvalue weighted by Gasteiger charge is -2.29. The summed E-state index contributed by atoms with van der Waals surface area (Å²) in [6, 6.07) is 0.0615. The third kappa shape index (κ3) is 3.47. The van der Waals surface area contributed by atoms with Gasteiger partial charge in [-0.25, -0.2) is 0 Å². The van der Waals surface area contributed by atoms with Crippen molar-refractivity contribution in [1.82, 2.24) is 5.32 Å². The number of amides is 1. The van der Waals surface area contributed by atoms with Gasteiger partial charge in [-0.15, -0.1) is 0 Å². The van der Waals surface area contributed by atoms with E-state index >= 15 is 0 Å². The summed E-state index contributed by atoms with van der Waals surface area (Å²) in [5.41, 5.74) is 0. The van der Waals surface area contributed by atoms with Gasteiger partial charge in [-0.2, -0.15) is 0 Å². The van der Waals surface area contributed by atoms with Crippen molar-refractivity contribution in [3.05, 3.63) is 0 Å². The van der Waals surface area contributed by atoms with Gasteiger partial charge in [0.15, 0.2) is 0 Å². The van der Waals surface area contributed by atoms with E-state index in [4.69, 9.17) is 4.74 Å². The lowest BCUT2D eigenvalue weighted by molar-refractivity contribution is -0.149. The Bertz CT molecular complexity index is 338. The first-order chi connectivity index (χ1) is 9.09. The maximum atomic E-state index is 12.3. The number of ether oxygens (including phenoxy) is 1. The number of aliphatic carboxylic acids is 1. The molecule has 1 saturated carbocycles. The van der Waals surface area contributed by atoms with Crippen LogP contribution in [0.5, 0.6) is 0 Å². The molecular weight excluding hydrogens is 246 g/mol. The maximum absolute atomic E-state index is 12.3. The van der Waals surface area contributed by atoms with Crippen LogP contribution in [0, 0.1) is 17.8 Å². The molecule has 4 unspecified atom stereocenters. The lowest BCUT2D eigenvalue weighted by atomic mass is 9.78. The Morgan fingerprint density at radius 1 is 1.21 bits per heavy atom. The van der Waals surface area contributed by atoms with Gasteiger partial charge in [0.2, 0.25) is 5.91 Å². The zero-order valence-electron chi connectivity index (χ0n) is 11.4.